The fraction of sp³-hybridized carbons (Fsp3) is 0.118. The number of amides is 2. The van der Waals surface area contributed by atoms with Crippen LogP contribution < -0.4 is 10.7 Å². The molecule has 0 saturated heterocycles. The fourth-order valence-electron chi connectivity index (χ4n) is 1.85. The molecule has 2 N–H and O–H groups in total. The minimum absolute atomic E-state index is 0.112. The van der Waals surface area contributed by atoms with Gasteiger partial charge in [-0.25, -0.2) is 5.43 Å². The highest BCUT2D eigenvalue weighted by Gasteiger charge is 2.09. The second-order valence-corrected chi connectivity index (χ2v) is 6.02. The average Bonchev–Trinajstić information content (AvgIpc) is 2.54. The quantitative estimate of drug-likeness (QED) is 0.441. The van der Waals surface area contributed by atoms with Gasteiger partial charge in [-0.2, -0.15) is 5.10 Å². The normalized spacial score (nSPS) is 11.0. The topological polar surface area (TPSA) is 70.6 Å². The summed E-state index contributed by atoms with van der Waals surface area (Å²) in [4.78, 5) is 23.9. The number of rotatable bonds is 5. The summed E-state index contributed by atoms with van der Waals surface area (Å²) < 4.78 is 0.845. The summed E-state index contributed by atoms with van der Waals surface area (Å²) in [5, 5.41) is 6.74. The number of halogens is 1. The van der Waals surface area contributed by atoms with E-state index in [2.05, 4.69) is 38.4 Å². The molecule has 23 heavy (non-hydrogen) atoms. The molecule has 0 aliphatic heterocycles. The number of hydrazone groups is 1. The standard InChI is InChI=1S/C17H16IN3O2/c1-12(11-16(22)19-13-7-3-2-4-8-13)20-21-17(23)14-9-5-6-10-15(14)18/h2-10H,11H2,1H3,(H,19,22)(H,21,23)/b20-12-. The summed E-state index contributed by atoms with van der Waals surface area (Å²) in [6.07, 6.45) is 0.112. The van der Waals surface area contributed by atoms with Crippen molar-refractivity contribution in [2.24, 2.45) is 5.10 Å². The van der Waals surface area contributed by atoms with Gasteiger partial charge < -0.3 is 5.32 Å². The molecule has 0 unspecified atom stereocenters. The molecule has 2 aromatic carbocycles. The SMILES string of the molecule is C/C(CC(=O)Nc1ccccc1)=N/NC(=O)c1ccccc1I. The molecule has 2 aromatic rings. The van der Waals surface area contributed by atoms with Crippen molar-refractivity contribution >= 4 is 45.8 Å². The summed E-state index contributed by atoms with van der Waals surface area (Å²) in [7, 11) is 0. The lowest BCUT2D eigenvalue weighted by atomic mass is 10.2. The van der Waals surface area contributed by atoms with Crippen LogP contribution in [0.5, 0.6) is 0 Å². The number of hydrogen-bond acceptors (Lipinski definition) is 3. The smallest absolute Gasteiger partial charge is 0.272 e. The van der Waals surface area contributed by atoms with E-state index in [4.69, 9.17) is 0 Å². The molecule has 118 valence electrons. The Balaban J connectivity index is 1.89. The zero-order valence-electron chi connectivity index (χ0n) is 12.5. The van der Waals surface area contributed by atoms with Crippen molar-refractivity contribution in [1.82, 2.24) is 5.43 Å². The summed E-state index contributed by atoms with van der Waals surface area (Å²) in [5.74, 6) is -0.473. The van der Waals surface area contributed by atoms with Crippen LogP contribution in [0.25, 0.3) is 0 Å². The van der Waals surface area contributed by atoms with Crippen molar-refractivity contribution in [3.05, 3.63) is 63.7 Å². The molecule has 0 aromatic heterocycles. The first kappa shape index (κ1) is 17.1. The minimum atomic E-state index is -0.294. The van der Waals surface area contributed by atoms with Gasteiger partial charge in [0.1, 0.15) is 0 Å². The molecular formula is C17H16IN3O2. The van der Waals surface area contributed by atoms with E-state index < -0.39 is 0 Å². The molecule has 0 aliphatic carbocycles. The van der Waals surface area contributed by atoms with Gasteiger partial charge in [0.2, 0.25) is 5.91 Å². The van der Waals surface area contributed by atoms with Crippen molar-refractivity contribution in [2.75, 3.05) is 5.32 Å². The Kier molecular flexibility index (Phi) is 6.28. The molecule has 0 fully saturated rings. The van der Waals surface area contributed by atoms with Crippen LogP contribution in [-0.4, -0.2) is 17.5 Å². The van der Waals surface area contributed by atoms with Crippen LogP contribution in [0.3, 0.4) is 0 Å². The Morgan fingerprint density at radius 1 is 1.04 bits per heavy atom. The molecular weight excluding hydrogens is 405 g/mol. The summed E-state index contributed by atoms with van der Waals surface area (Å²) in [6.45, 7) is 1.70. The molecule has 2 amide bonds. The highest BCUT2D eigenvalue weighted by molar-refractivity contribution is 14.1. The average molecular weight is 421 g/mol. The third-order valence-corrected chi connectivity index (χ3v) is 3.88. The van der Waals surface area contributed by atoms with Gasteiger partial charge in [-0.1, -0.05) is 30.3 Å². The van der Waals surface area contributed by atoms with E-state index in [9.17, 15) is 9.59 Å². The molecule has 0 radical (unpaired) electrons. The van der Waals surface area contributed by atoms with Gasteiger partial charge in [-0.3, -0.25) is 9.59 Å². The van der Waals surface area contributed by atoms with E-state index in [1.165, 1.54) is 0 Å². The zero-order chi connectivity index (χ0) is 16.7. The Bertz CT molecular complexity index is 730. The summed E-state index contributed by atoms with van der Waals surface area (Å²) in [5.41, 5.74) is 4.28. The molecule has 5 nitrogen and oxygen atoms in total. The van der Waals surface area contributed by atoms with Crippen LogP contribution >= 0.6 is 22.6 Å². The van der Waals surface area contributed by atoms with E-state index >= 15 is 0 Å². The lowest BCUT2D eigenvalue weighted by Gasteiger charge is -2.06. The van der Waals surface area contributed by atoms with Crippen molar-refractivity contribution < 1.29 is 9.59 Å². The maximum atomic E-state index is 12.0. The Morgan fingerprint density at radius 3 is 2.39 bits per heavy atom. The molecule has 0 aliphatic rings. The Morgan fingerprint density at radius 2 is 1.70 bits per heavy atom. The van der Waals surface area contributed by atoms with Crippen LogP contribution in [0, 0.1) is 3.57 Å². The van der Waals surface area contributed by atoms with Crippen LogP contribution in [0.15, 0.2) is 59.7 Å². The highest BCUT2D eigenvalue weighted by atomic mass is 127. The molecule has 0 heterocycles. The van der Waals surface area contributed by atoms with Crippen LogP contribution in [0.4, 0.5) is 5.69 Å². The lowest BCUT2D eigenvalue weighted by molar-refractivity contribution is -0.115. The second kappa shape index (κ2) is 8.42. The third kappa shape index (κ3) is 5.48. The van der Waals surface area contributed by atoms with Gasteiger partial charge in [-0.15, -0.1) is 0 Å². The minimum Gasteiger partial charge on any atom is -0.326 e. The number of para-hydroxylation sites is 1. The van der Waals surface area contributed by atoms with E-state index in [1.807, 2.05) is 42.5 Å². The molecule has 0 spiro atoms. The predicted octanol–water partition coefficient (Wildman–Crippen LogP) is 3.43. The van der Waals surface area contributed by atoms with Crippen molar-refractivity contribution in [3.8, 4) is 0 Å². The first-order valence-electron chi connectivity index (χ1n) is 6.99. The van der Waals surface area contributed by atoms with Gasteiger partial charge in [0.15, 0.2) is 0 Å². The van der Waals surface area contributed by atoms with E-state index in [0.717, 1.165) is 9.26 Å². The highest BCUT2D eigenvalue weighted by Crippen LogP contribution is 2.11. The number of carbonyl (C=O) groups excluding carboxylic acids is 2. The van der Waals surface area contributed by atoms with Gasteiger partial charge in [0, 0.05) is 15.0 Å². The summed E-state index contributed by atoms with van der Waals surface area (Å²) >= 11 is 2.09. The number of nitrogens with one attached hydrogen (secondary N) is 2. The number of nitrogens with zero attached hydrogens (tertiary/aromatic N) is 1. The number of benzene rings is 2. The van der Waals surface area contributed by atoms with Gasteiger partial charge in [0.05, 0.1) is 12.0 Å². The number of carbonyl (C=O) groups is 2. The molecule has 2 rings (SSSR count). The largest absolute Gasteiger partial charge is 0.326 e. The molecule has 0 bridgehead atoms. The van der Waals surface area contributed by atoms with Crippen LogP contribution in [-0.2, 0) is 4.79 Å². The van der Waals surface area contributed by atoms with Crippen molar-refractivity contribution in [3.63, 3.8) is 0 Å². The fourth-order valence-corrected chi connectivity index (χ4v) is 2.48. The van der Waals surface area contributed by atoms with Crippen LogP contribution in [0.2, 0.25) is 0 Å². The summed E-state index contributed by atoms with van der Waals surface area (Å²) in [6, 6.07) is 16.4. The molecule has 6 heteroatoms. The van der Waals surface area contributed by atoms with E-state index in [-0.39, 0.29) is 18.2 Å². The molecule has 0 atom stereocenters. The Labute approximate surface area is 148 Å². The first-order valence-corrected chi connectivity index (χ1v) is 8.07. The lowest BCUT2D eigenvalue weighted by Crippen LogP contribution is -2.22. The van der Waals surface area contributed by atoms with E-state index in [0.29, 0.717) is 11.3 Å². The van der Waals surface area contributed by atoms with E-state index in [1.54, 1.807) is 19.1 Å². The van der Waals surface area contributed by atoms with Gasteiger partial charge in [-0.05, 0) is 53.8 Å². The third-order valence-electron chi connectivity index (χ3n) is 2.94. The maximum Gasteiger partial charge on any atom is 0.272 e. The van der Waals surface area contributed by atoms with Crippen LogP contribution in [0.1, 0.15) is 23.7 Å². The monoisotopic (exact) mass is 421 g/mol. The van der Waals surface area contributed by atoms with Gasteiger partial charge >= 0.3 is 0 Å². The second-order valence-electron chi connectivity index (χ2n) is 4.86. The van der Waals surface area contributed by atoms with Crippen molar-refractivity contribution in [1.29, 1.82) is 0 Å². The maximum absolute atomic E-state index is 12.0. The first-order chi connectivity index (χ1) is 11.1. The van der Waals surface area contributed by atoms with Crippen molar-refractivity contribution in [2.45, 2.75) is 13.3 Å². The predicted molar refractivity (Wildman–Crippen MR) is 99.4 cm³/mol. The van der Waals surface area contributed by atoms with Gasteiger partial charge in [0.25, 0.3) is 5.91 Å². The number of hydrogen-bond donors (Lipinski definition) is 2. The number of anilines is 1. The zero-order valence-corrected chi connectivity index (χ0v) is 14.7. The Hall–Kier alpha value is -2.22. The molecule has 0 saturated carbocycles.